The molecule has 0 aromatic heterocycles. The van der Waals surface area contributed by atoms with E-state index < -0.39 is 0 Å². The van der Waals surface area contributed by atoms with Crippen LogP contribution in [0.3, 0.4) is 0 Å². The van der Waals surface area contributed by atoms with Gasteiger partial charge in [-0.2, -0.15) is 0 Å². The van der Waals surface area contributed by atoms with Crippen LogP contribution in [0.5, 0.6) is 0 Å². The molecule has 4 atom stereocenters. The summed E-state index contributed by atoms with van der Waals surface area (Å²) in [7, 11) is 4.77. The second-order valence-corrected chi connectivity index (χ2v) is 3.87. The van der Waals surface area contributed by atoms with E-state index in [2.05, 4.69) is 0 Å². The summed E-state index contributed by atoms with van der Waals surface area (Å²) in [6, 6.07) is 0. The lowest BCUT2D eigenvalue weighted by molar-refractivity contribution is -0.147. The summed E-state index contributed by atoms with van der Waals surface area (Å²) < 4.78 is 26.4. The molecule has 0 N–H and O–H groups in total. The van der Waals surface area contributed by atoms with Crippen molar-refractivity contribution in [1.29, 1.82) is 0 Å². The first-order chi connectivity index (χ1) is 8.13. The van der Waals surface area contributed by atoms with Crippen molar-refractivity contribution < 1.29 is 28.5 Å². The van der Waals surface area contributed by atoms with Crippen molar-refractivity contribution in [3.63, 3.8) is 0 Å². The SMILES string of the molecule is COC[C@H]1O[C@@H](COC(C)=O)[C@@H](OC)[C@@H]1OC. The normalized spacial score (nSPS) is 32.7. The molecule has 1 heterocycles. The summed E-state index contributed by atoms with van der Waals surface area (Å²) >= 11 is 0. The van der Waals surface area contributed by atoms with Crippen molar-refractivity contribution in [2.24, 2.45) is 0 Å². The lowest BCUT2D eigenvalue weighted by Gasteiger charge is -2.21. The standard InChI is InChI=1S/C11H20O6/c1-7(12)16-6-9-11(15-4)10(14-3)8(17-9)5-13-2/h8-11H,5-6H2,1-4H3/t8-,9+,10-,11-/m1/s1. The van der Waals surface area contributed by atoms with E-state index in [9.17, 15) is 4.79 Å². The van der Waals surface area contributed by atoms with Crippen LogP contribution in [-0.2, 0) is 28.5 Å². The molecule has 1 aliphatic heterocycles. The molecule has 0 amide bonds. The Labute approximate surface area is 101 Å². The molecule has 0 bridgehead atoms. The van der Waals surface area contributed by atoms with Crippen LogP contribution in [0.4, 0.5) is 0 Å². The fourth-order valence-corrected chi connectivity index (χ4v) is 2.01. The number of ether oxygens (including phenoxy) is 5. The predicted octanol–water partition coefficient (Wildman–Crippen LogP) is -0.00670. The van der Waals surface area contributed by atoms with Gasteiger partial charge >= 0.3 is 5.97 Å². The molecule has 1 rings (SSSR count). The Morgan fingerprint density at radius 1 is 1.06 bits per heavy atom. The third kappa shape index (κ3) is 3.64. The van der Waals surface area contributed by atoms with E-state index in [0.717, 1.165) is 0 Å². The van der Waals surface area contributed by atoms with Gasteiger partial charge in [-0.1, -0.05) is 0 Å². The first-order valence-electron chi connectivity index (χ1n) is 5.47. The third-order valence-electron chi connectivity index (χ3n) is 2.73. The van der Waals surface area contributed by atoms with Crippen molar-refractivity contribution in [2.75, 3.05) is 34.5 Å². The maximum atomic E-state index is 10.8. The molecule has 1 saturated heterocycles. The van der Waals surface area contributed by atoms with Crippen LogP contribution in [0.15, 0.2) is 0 Å². The van der Waals surface area contributed by atoms with Gasteiger partial charge in [0.2, 0.25) is 0 Å². The quantitative estimate of drug-likeness (QED) is 0.616. The van der Waals surface area contributed by atoms with Crippen LogP contribution in [0.2, 0.25) is 0 Å². The molecule has 1 fully saturated rings. The maximum Gasteiger partial charge on any atom is 0.302 e. The van der Waals surface area contributed by atoms with Crippen molar-refractivity contribution in [2.45, 2.75) is 31.3 Å². The van der Waals surface area contributed by atoms with Crippen LogP contribution in [0, 0.1) is 0 Å². The Bertz CT molecular complexity index is 244. The second kappa shape index (κ2) is 6.90. The number of hydrogen-bond acceptors (Lipinski definition) is 6. The molecule has 6 nitrogen and oxygen atoms in total. The van der Waals surface area contributed by atoms with Crippen LogP contribution in [-0.4, -0.2) is 64.9 Å². The van der Waals surface area contributed by atoms with Gasteiger partial charge in [-0.15, -0.1) is 0 Å². The Morgan fingerprint density at radius 3 is 2.00 bits per heavy atom. The van der Waals surface area contributed by atoms with Gasteiger partial charge in [0.1, 0.15) is 31.0 Å². The largest absolute Gasteiger partial charge is 0.463 e. The summed E-state index contributed by atoms with van der Waals surface area (Å²) in [6.07, 6.45) is -1.02. The summed E-state index contributed by atoms with van der Waals surface area (Å²) in [5.41, 5.74) is 0. The minimum absolute atomic E-state index is 0.161. The van der Waals surface area contributed by atoms with Gasteiger partial charge in [0.05, 0.1) is 6.61 Å². The zero-order valence-electron chi connectivity index (χ0n) is 10.7. The summed E-state index contributed by atoms with van der Waals surface area (Å²) in [5.74, 6) is -0.340. The number of hydrogen-bond donors (Lipinski definition) is 0. The third-order valence-corrected chi connectivity index (χ3v) is 2.73. The zero-order chi connectivity index (χ0) is 12.8. The summed E-state index contributed by atoms with van der Waals surface area (Å²) in [6.45, 7) is 1.93. The van der Waals surface area contributed by atoms with Gasteiger partial charge in [-0.3, -0.25) is 4.79 Å². The molecule has 0 radical (unpaired) electrons. The number of methoxy groups -OCH3 is 3. The monoisotopic (exact) mass is 248 g/mol. The van der Waals surface area contributed by atoms with E-state index in [0.29, 0.717) is 6.61 Å². The van der Waals surface area contributed by atoms with E-state index in [4.69, 9.17) is 23.7 Å². The highest BCUT2D eigenvalue weighted by Gasteiger charge is 2.45. The Balaban J connectivity index is 2.61. The van der Waals surface area contributed by atoms with Gasteiger partial charge in [0.15, 0.2) is 0 Å². The van der Waals surface area contributed by atoms with Crippen LogP contribution >= 0.6 is 0 Å². The molecule has 0 aromatic carbocycles. The zero-order valence-corrected chi connectivity index (χ0v) is 10.7. The number of rotatable bonds is 6. The molecule has 0 aromatic rings. The van der Waals surface area contributed by atoms with E-state index >= 15 is 0 Å². The Kier molecular flexibility index (Phi) is 5.84. The predicted molar refractivity (Wildman–Crippen MR) is 58.8 cm³/mol. The minimum atomic E-state index is -0.340. The Hall–Kier alpha value is -0.690. The van der Waals surface area contributed by atoms with Gasteiger partial charge in [0, 0.05) is 28.3 Å². The van der Waals surface area contributed by atoms with Crippen LogP contribution < -0.4 is 0 Å². The molecule has 0 spiro atoms. The molecule has 6 heteroatoms. The molecular weight excluding hydrogens is 228 g/mol. The molecule has 0 saturated carbocycles. The average molecular weight is 248 g/mol. The van der Waals surface area contributed by atoms with Crippen LogP contribution in [0.25, 0.3) is 0 Å². The lowest BCUT2D eigenvalue weighted by atomic mass is 10.1. The molecule has 17 heavy (non-hydrogen) atoms. The van der Waals surface area contributed by atoms with E-state index in [1.165, 1.54) is 6.92 Å². The van der Waals surface area contributed by atoms with Gasteiger partial charge < -0.3 is 23.7 Å². The molecule has 100 valence electrons. The Morgan fingerprint density at radius 2 is 1.59 bits per heavy atom. The number of carbonyl (C=O) groups excluding carboxylic acids is 1. The van der Waals surface area contributed by atoms with Crippen molar-refractivity contribution >= 4 is 5.97 Å². The van der Waals surface area contributed by atoms with E-state index in [1.54, 1.807) is 21.3 Å². The highest BCUT2D eigenvalue weighted by Crippen LogP contribution is 2.26. The maximum absolute atomic E-state index is 10.8. The van der Waals surface area contributed by atoms with E-state index in [-0.39, 0.29) is 37.0 Å². The fourth-order valence-electron chi connectivity index (χ4n) is 2.01. The number of esters is 1. The molecular formula is C11H20O6. The smallest absolute Gasteiger partial charge is 0.302 e. The molecule has 0 unspecified atom stereocenters. The molecule has 1 aliphatic rings. The van der Waals surface area contributed by atoms with Crippen molar-refractivity contribution in [3.8, 4) is 0 Å². The fraction of sp³-hybridized carbons (Fsp3) is 0.909. The van der Waals surface area contributed by atoms with Gasteiger partial charge in [-0.05, 0) is 0 Å². The van der Waals surface area contributed by atoms with Gasteiger partial charge in [-0.25, -0.2) is 0 Å². The topological polar surface area (TPSA) is 63.2 Å². The summed E-state index contributed by atoms with van der Waals surface area (Å²) in [5, 5.41) is 0. The molecule has 0 aliphatic carbocycles. The van der Waals surface area contributed by atoms with E-state index in [1.807, 2.05) is 0 Å². The van der Waals surface area contributed by atoms with Crippen LogP contribution in [0.1, 0.15) is 6.92 Å². The minimum Gasteiger partial charge on any atom is -0.463 e. The number of carbonyl (C=O) groups is 1. The van der Waals surface area contributed by atoms with Gasteiger partial charge in [0.25, 0.3) is 0 Å². The highest BCUT2D eigenvalue weighted by molar-refractivity contribution is 5.65. The lowest BCUT2D eigenvalue weighted by Crippen LogP contribution is -2.38. The first-order valence-corrected chi connectivity index (χ1v) is 5.47. The second-order valence-electron chi connectivity index (χ2n) is 3.87. The average Bonchev–Trinajstić information content (AvgIpc) is 2.63. The first kappa shape index (κ1) is 14.4. The highest BCUT2D eigenvalue weighted by atomic mass is 16.6. The van der Waals surface area contributed by atoms with Crippen molar-refractivity contribution in [3.05, 3.63) is 0 Å². The summed E-state index contributed by atoms with van der Waals surface area (Å²) in [4.78, 5) is 10.8. The van der Waals surface area contributed by atoms with Crippen molar-refractivity contribution in [1.82, 2.24) is 0 Å².